The summed E-state index contributed by atoms with van der Waals surface area (Å²) in [5.41, 5.74) is 3.21. The molecule has 0 spiro atoms. The summed E-state index contributed by atoms with van der Waals surface area (Å²) < 4.78 is 26.4. The van der Waals surface area contributed by atoms with E-state index in [9.17, 15) is 4.39 Å². The molecule has 1 aliphatic heterocycles. The SMILES string of the molecule is Fc1cc(N2CCC(OCc3c(-c4c(Cl)cccc4Cl)noc3C3CC3)CC2)ccc1Br. The van der Waals surface area contributed by atoms with Crippen LogP contribution < -0.4 is 4.90 Å². The lowest BCUT2D eigenvalue weighted by atomic mass is 10.0. The lowest BCUT2D eigenvalue weighted by Gasteiger charge is -2.33. The number of piperidine rings is 1. The van der Waals surface area contributed by atoms with Crippen molar-refractivity contribution in [3.8, 4) is 11.3 Å². The van der Waals surface area contributed by atoms with E-state index in [0.29, 0.717) is 38.3 Å². The van der Waals surface area contributed by atoms with Gasteiger partial charge in [-0.05, 0) is 71.9 Å². The van der Waals surface area contributed by atoms with Gasteiger partial charge in [0.1, 0.15) is 17.3 Å². The topological polar surface area (TPSA) is 38.5 Å². The van der Waals surface area contributed by atoms with Gasteiger partial charge in [0.15, 0.2) is 0 Å². The van der Waals surface area contributed by atoms with Crippen molar-refractivity contribution in [3.05, 3.63) is 68.1 Å². The van der Waals surface area contributed by atoms with Gasteiger partial charge in [0.25, 0.3) is 0 Å². The molecule has 1 aromatic heterocycles. The third-order valence-electron chi connectivity index (χ3n) is 6.14. The maximum absolute atomic E-state index is 13.9. The van der Waals surface area contributed by atoms with Gasteiger partial charge < -0.3 is 14.2 Å². The summed E-state index contributed by atoms with van der Waals surface area (Å²) in [7, 11) is 0. The molecule has 0 unspecified atom stereocenters. The van der Waals surface area contributed by atoms with E-state index in [1.165, 1.54) is 0 Å². The molecule has 0 amide bonds. The molecule has 0 N–H and O–H groups in total. The Morgan fingerprint density at radius 2 is 1.81 bits per heavy atom. The summed E-state index contributed by atoms with van der Waals surface area (Å²) in [4.78, 5) is 2.19. The monoisotopic (exact) mass is 538 g/mol. The molecule has 1 saturated heterocycles. The molecule has 168 valence electrons. The van der Waals surface area contributed by atoms with E-state index in [2.05, 4.69) is 26.0 Å². The van der Waals surface area contributed by atoms with Crippen LogP contribution in [0.5, 0.6) is 0 Å². The Bertz CT molecular complexity index is 1110. The molecule has 8 heteroatoms. The predicted octanol–water partition coefficient (Wildman–Crippen LogP) is 7.61. The van der Waals surface area contributed by atoms with Crippen LogP contribution in [0.3, 0.4) is 0 Å². The number of nitrogens with zero attached hydrogens (tertiary/aromatic N) is 2. The van der Waals surface area contributed by atoms with Crippen LogP contribution in [0, 0.1) is 5.82 Å². The summed E-state index contributed by atoms with van der Waals surface area (Å²) in [5, 5.41) is 5.42. The Morgan fingerprint density at radius 1 is 1.09 bits per heavy atom. The molecule has 2 aromatic carbocycles. The van der Waals surface area contributed by atoms with Crippen molar-refractivity contribution in [1.29, 1.82) is 0 Å². The highest BCUT2D eigenvalue weighted by molar-refractivity contribution is 9.10. The molecule has 3 aromatic rings. The van der Waals surface area contributed by atoms with Crippen molar-refractivity contribution in [2.45, 2.75) is 44.3 Å². The third kappa shape index (κ3) is 4.56. The van der Waals surface area contributed by atoms with Gasteiger partial charge >= 0.3 is 0 Å². The number of hydrogen-bond acceptors (Lipinski definition) is 4. The zero-order chi connectivity index (χ0) is 22.2. The second-order valence-electron chi connectivity index (χ2n) is 8.34. The fourth-order valence-electron chi connectivity index (χ4n) is 4.21. The van der Waals surface area contributed by atoms with Crippen LogP contribution in [-0.2, 0) is 11.3 Å². The van der Waals surface area contributed by atoms with Crippen LogP contribution in [0.2, 0.25) is 10.0 Å². The maximum atomic E-state index is 13.9. The van der Waals surface area contributed by atoms with Crippen LogP contribution in [-0.4, -0.2) is 24.4 Å². The Kier molecular flexibility index (Phi) is 6.48. The summed E-state index contributed by atoms with van der Waals surface area (Å²) in [6.07, 6.45) is 4.04. The zero-order valence-corrected chi connectivity index (χ0v) is 20.4. The van der Waals surface area contributed by atoms with Crippen molar-refractivity contribution in [1.82, 2.24) is 5.16 Å². The normalized spacial score (nSPS) is 17.2. The van der Waals surface area contributed by atoms with Crippen molar-refractivity contribution in [3.63, 3.8) is 0 Å². The van der Waals surface area contributed by atoms with Crippen molar-refractivity contribution >= 4 is 44.8 Å². The molecule has 32 heavy (non-hydrogen) atoms. The first-order valence-corrected chi connectivity index (χ1v) is 12.3. The van der Waals surface area contributed by atoms with Gasteiger partial charge in [-0.15, -0.1) is 0 Å². The lowest BCUT2D eigenvalue weighted by Crippen LogP contribution is -2.37. The fraction of sp³-hybridized carbons (Fsp3) is 0.375. The van der Waals surface area contributed by atoms with Gasteiger partial charge in [-0.3, -0.25) is 0 Å². The molecule has 2 heterocycles. The molecule has 1 saturated carbocycles. The Hall–Kier alpha value is -1.60. The summed E-state index contributed by atoms with van der Waals surface area (Å²) in [6.45, 7) is 2.03. The lowest BCUT2D eigenvalue weighted by molar-refractivity contribution is 0.0246. The Balaban J connectivity index is 1.28. The molecule has 0 atom stereocenters. The van der Waals surface area contributed by atoms with Crippen molar-refractivity contribution in [2.75, 3.05) is 18.0 Å². The molecule has 0 radical (unpaired) electrons. The minimum absolute atomic E-state index is 0.114. The van der Waals surface area contributed by atoms with Crippen LogP contribution in [0.15, 0.2) is 45.4 Å². The Labute approximate surface area is 204 Å². The standard InChI is InChI=1S/C24H22BrCl2FN2O2/c25-18-7-6-15(12-21(18)28)30-10-8-16(9-11-30)31-13-17-23(29-32-24(17)14-4-5-14)22-19(26)2-1-3-20(22)27/h1-3,6-7,12,14,16H,4-5,8-11,13H2. The van der Waals surface area contributed by atoms with Crippen LogP contribution in [0.1, 0.15) is 42.9 Å². The van der Waals surface area contributed by atoms with E-state index in [0.717, 1.165) is 55.8 Å². The number of aromatic nitrogens is 1. The van der Waals surface area contributed by atoms with Gasteiger partial charge in [-0.1, -0.05) is 34.4 Å². The first-order chi connectivity index (χ1) is 15.5. The van der Waals surface area contributed by atoms with E-state index < -0.39 is 0 Å². The van der Waals surface area contributed by atoms with Gasteiger partial charge in [0, 0.05) is 35.8 Å². The molecule has 2 fully saturated rings. The number of anilines is 1. The Morgan fingerprint density at radius 3 is 2.47 bits per heavy atom. The van der Waals surface area contributed by atoms with Crippen molar-refractivity contribution < 1.29 is 13.7 Å². The zero-order valence-electron chi connectivity index (χ0n) is 17.3. The summed E-state index contributed by atoms with van der Waals surface area (Å²) in [5.74, 6) is 1.04. The summed E-state index contributed by atoms with van der Waals surface area (Å²) >= 11 is 16.1. The number of halogens is 4. The van der Waals surface area contributed by atoms with E-state index in [-0.39, 0.29) is 11.9 Å². The minimum Gasteiger partial charge on any atom is -0.373 e. The van der Waals surface area contributed by atoms with Crippen molar-refractivity contribution in [2.24, 2.45) is 0 Å². The second kappa shape index (κ2) is 9.34. The molecule has 1 aliphatic carbocycles. The smallest absolute Gasteiger partial charge is 0.145 e. The second-order valence-corrected chi connectivity index (χ2v) is 10.0. The molecular weight excluding hydrogens is 518 g/mol. The first kappa shape index (κ1) is 22.2. The highest BCUT2D eigenvalue weighted by atomic mass is 79.9. The molecule has 4 nitrogen and oxygen atoms in total. The first-order valence-electron chi connectivity index (χ1n) is 10.8. The average molecular weight is 540 g/mol. The van der Waals surface area contributed by atoms with Crippen LogP contribution in [0.4, 0.5) is 10.1 Å². The number of benzene rings is 2. The van der Waals surface area contributed by atoms with Crippen LogP contribution in [0.25, 0.3) is 11.3 Å². The molecular formula is C24H22BrCl2FN2O2. The number of ether oxygens (including phenoxy) is 1. The summed E-state index contributed by atoms with van der Waals surface area (Å²) in [6, 6.07) is 10.7. The van der Waals surface area contributed by atoms with E-state index in [1.807, 2.05) is 12.1 Å². The average Bonchev–Trinajstić information content (AvgIpc) is 3.55. The van der Waals surface area contributed by atoms with Crippen LogP contribution >= 0.6 is 39.1 Å². The molecule has 0 bridgehead atoms. The maximum Gasteiger partial charge on any atom is 0.145 e. The number of rotatable bonds is 6. The molecule has 5 rings (SSSR count). The predicted molar refractivity (Wildman–Crippen MR) is 128 cm³/mol. The fourth-order valence-corrected chi connectivity index (χ4v) is 5.03. The third-order valence-corrected chi connectivity index (χ3v) is 7.41. The largest absolute Gasteiger partial charge is 0.373 e. The van der Waals surface area contributed by atoms with E-state index in [4.69, 9.17) is 32.5 Å². The highest BCUT2D eigenvalue weighted by Gasteiger charge is 2.34. The quantitative estimate of drug-likeness (QED) is 0.323. The van der Waals surface area contributed by atoms with E-state index in [1.54, 1.807) is 24.3 Å². The van der Waals surface area contributed by atoms with Gasteiger partial charge in [-0.2, -0.15) is 0 Å². The number of hydrogen-bond donors (Lipinski definition) is 0. The minimum atomic E-state index is -0.244. The highest BCUT2D eigenvalue weighted by Crippen LogP contribution is 2.46. The van der Waals surface area contributed by atoms with Gasteiger partial charge in [-0.25, -0.2) is 4.39 Å². The van der Waals surface area contributed by atoms with Gasteiger partial charge in [0.05, 0.1) is 27.2 Å². The van der Waals surface area contributed by atoms with E-state index >= 15 is 0 Å². The molecule has 2 aliphatic rings. The van der Waals surface area contributed by atoms with Gasteiger partial charge in [0.2, 0.25) is 0 Å².